The van der Waals surface area contributed by atoms with Gasteiger partial charge in [-0.15, -0.1) is 11.3 Å². The molecule has 4 aromatic rings. The first kappa shape index (κ1) is 18.6. The van der Waals surface area contributed by atoms with E-state index in [1.54, 1.807) is 7.11 Å². The van der Waals surface area contributed by atoms with Crippen LogP contribution in [0.1, 0.15) is 16.8 Å². The minimum absolute atomic E-state index is 0.204. The molecular weight excluding hydrogens is 391 g/mol. The average Bonchev–Trinajstić information content (AvgIpc) is 3.00. The van der Waals surface area contributed by atoms with Crippen molar-refractivity contribution >= 4 is 31.8 Å². The monoisotopic (exact) mass is 405 g/mol. The van der Waals surface area contributed by atoms with Gasteiger partial charge in [-0.25, -0.2) is 9.97 Å². The number of methoxy groups -OCH3 is 1. The zero-order chi connectivity index (χ0) is 20.1. The molecule has 0 saturated carbocycles. The van der Waals surface area contributed by atoms with Gasteiger partial charge in [0.15, 0.2) is 0 Å². The van der Waals surface area contributed by atoms with E-state index in [0.717, 1.165) is 28.8 Å². The summed E-state index contributed by atoms with van der Waals surface area (Å²) in [6.07, 6.45) is -4.43. The number of hydrogen-bond donors (Lipinski definition) is 1. The number of ether oxygens (including phenoxy) is 1. The summed E-state index contributed by atoms with van der Waals surface area (Å²) < 4.78 is 44.0. The van der Waals surface area contributed by atoms with Crippen molar-refractivity contribution < 1.29 is 17.9 Å². The van der Waals surface area contributed by atoms with E-state index in [1.807, 2.05) is 13.0 Å². The first-order chi connectivity index (χ1) is 13.3. The van der Waals surface area contributed by atoms with Crippen molar-refractivity contribution in [2.45, 2.75) is 19.7 Å². The molecule has 0 atom stereocenters. The second-order valence-corrected chi connectivity index (χ2v) is 7.30. The van der Waals surface area contributed by atoms with Crippen LogP contribution < -0.4 is 5.56 Å². The molecule has 28 heavy (non-hydrogen) atoms. The zero-order valence-corrected chi connectivity index (χ0v) is 15.7. The fourth-order valence-electron chi connectivity index (χ4n) is 3.08. The largest absolute Gasteiger partial charge is 0.416 e. The van der Waals surface area contributed by atoms with Crippen molar-refractivity contribution in [1.29, 1.82) is 0 Å². The molecule has 0 amide bonds. The lowest BCUT2D eigenvalue weighted by atomic mass is 10.1. The quantitative estimate of drug-likeness (QED) is 0.538. The number of hydrogen-bond acceptors (Lipinski definition) is 5. The van der Waals surface area contributed by atoms with Crippen molar-refractivity contribution in [3.05, 3.63) is 57.5 Å². The number of nitrogens with one attached hydrogen (secondary N) is 1. The van der Waals surface area contributed by atoms with Crippen LogP contribution in [0.15, 0.2) is 35.1 Å². The lowest BCUT2D eigenvalue weighted by Gasteiger charge is -2.08. The lowest BCUT2D eigenvalue weighted by molar-refractivity contribution is -0.137. The van der Waals surface area contributed by atoms with E-state index in [9.17, 15) is 18.0 Å². The summed E-state index contributed by atoms with van der Waals surface area (Å²) in [5.74, 6) is 0.204. The normalized spacial score (nSPS) is 12.2. The Bertz CT molecular complexity index is 1240. The van der Waals surface area contributed by atoms with Crippen molar-refractivity contribution in [3.8, 4) is 11.4 Å². The Hall–Kier alpha value is -2.78. The molecule has 9 heteroatoms. The Kier molecular flexibility index (Phi) is 4.43. The maximum atomic E-state index is 12.8. The number of nitrogens with zero attached hydrogens (tertiary/aromatic N) is 2. The number of benzene rings is 1. The standard InChI is InChI=1S/C19H14F3N3O2S/c1-9-7-11(8-27-2)13-14-15(28-18(13)23-9)17(26)25-16(24-14)10-3-5-12(6-4-10)19(20,21)22/h3-7H,8H2,1-2H3,(H,24,25,26). The lowest BCUT2D eigenvalue weighted by Crippen LogP contribution is -2.08. The Balaban J connectivity index is 1.94. The Morgan fingerprint density at radius 3 is 2.54 bits per heavy atom. The van der Waals surface area contributed by atoms with Crippen LogP contribution in [-0.2, 0) is 17.5 Å². The summed E-state index contributed by atoms with van der Waals surface area (Å²) in [4.78, 5) is 24.9. The zero-order valence-electron chi connectivity index (χ0n) is 14.8. The van der Waals surface area contributed by atoms with Crippen molar-refractivity contribution in [2.75, 3.05) is 7.11 Å². The van der Waals surface area contributed by atoms with E-state index in [2.05, 4.69) is 15.0 Å². The van der Waals surface area contributed by atoms with Crippen LogP contribution in [0.2, 0.25) is 0 Å². The number of H-pyrrole nitrogens is 1. The SMILES string of the molecule is COCc1cc(C)nc2sc3c(=O)[nH]c(-c4ccc(C(F)(F)F)cc4)nc3c12. The summed E-state index contributed by atoms with van der Waals surface area (Å²) in [6, 6.07) is 6.39. The highest BCUT2D eigenvalue weighted by Crippen LogP contribution is 2.34. The van der Waals surface area contributed by atoms with E-state index >= 15 is 0 Å². The van der Waals surface area contributed by atoms with Crippen LogP contribution >= 0.6 is 11.3 Å². The third-order valence-electron chi connectivity index (χ3n) is 4.29. The van der Waals surface area contributed by atoms with E-state index < -0.39 is 11.7 Å². The number of halogens is 3. The number of aromatic nitrogens is 3. The maximum Gasteiger partial charge on any atom is 0.416 e. The van der Waals surface area contributed by atoms with Crippen molar-refractivity contribution in [1.82, 2.24) is 15.0 Å². The molecule has 0 aliphatic rings. The summed E-state index contributed by atoms with van der Waals surface area (Å²) in [6.45, 7) is 2.18. The first-order valence-corrected chi connectivity index (χ1v) is 9.09. The number of fused-ring (bicyclic) bond motifs is 3. The third kappa shape index (κ3) is 3.16. The fourth-order valence-corrected chi connectivity index (χ4v) is 4.18. The average molecular weight is 405 g/mol. The molecule has 0 aliphatic carbocycles. The highest BCUT2D eigenvalue weighted by molar-refractivity contribution is 7.25. The molecule has 4 rings (SSSR count). The summed E-state index contributed by atoms with van der Waals surface area (Å²) in [5, 5.41) is 0.728. The summed E-state index contributed by atoms with van der Waals surface area (Å²) in [5.41, 5.74) is 1.39. The van der Waals surface area contributed by atoms with Gasteiger partial charge in [-0.05, 0) is 30.7 Å². The van der Waals surface area contributed by atoms with Crippen LogP contribution in [0, 0.1) is 6.92 Å². The Morgan fingerprint density at radius 2 is 1.89 bits per heavy atom. The molecule has 0 bridgehead atoms. The fraction of sp³-hybridized carbons (Fsp3) is 0.211. The predicted molar refractivity (Wildman–Crippen MR) is 101 cm³/mol. The molecule has 0 unspecified atom stereocenters. The number of aromatic amines is 1. The van der Waals surface area contributed by atoms with Gasteiger partial charge in [-0.2, -0.15) is 13.2 Å². The highest BCUT2D eigenvalue weighted by Gasteiger charge is 2.30. The van der Waals surface area contributed by atoms with Crippen LogP contribution in [0.3, 0.4) is 0 Å². The summed E-state index contributed by atoms with van der Waals surface area (Å²) in [7, 11) is 1.57. The topological polar surface area (TPSA) is 67.9 Å². The molecule has 0 saturated heterocycles. The number of pyridine rings is 1. The second kappa shape index (κ2) is 6.68. The molecule has 1 N–H and O–H groups in total. The van der Waals surface area contributed by atoms with Crippen molar-refractivity contribution in [2.24, 2.45) is 0 Å². The number of rotatable bonds is 3. The van der Waals surface area contributed by atoms with Gasteiger partial charge in [-0.3, -0.25) is 4.79 Å². The molecule has 0 aliphatic heterocycles. The molecule has 5 nitrogen and oxygen atoms in total. The van der Waals surface area contributed by atoms with Gasteiger partial charge in [0.05, 0.1) is 17.7 Å². The summed E-state index contributed by atoms with van der Waals surface area (Å²) >= 11 is 1.23. The minimum Gasteiger partial charge on any atom is -0.380 e. The van der Waals surface area contributed by atoms with Gasteiger partial charge >= 0.3 is 6.18 Å². The van der Waals surface area contributed by atoms with Crippen LogP contribution in [-0.4, -0.2) is 22.1 Å². The van der Waals surface area contributed by atoms with Gasteiger partial charge in [0.1, 0.15) is 15.4 Å². The molecule has 3 aromatic heterocycles. The molecule has 1 aromatic carbocycles. The van der Waals surface area contributed by atoms with Crippen LogP contribution in [0.4, 0.5) is 13.2 Å². The number of aryl methyl sites for hydroxylation is 1. The number of thiophene rings is 1. The van der Waals surface area contributed by atoms with Crippen LogP contribution in [0.25, 0.3) is 31.8 Å². The molecule has 0 fully saturated rings. The van der Waals surface area contributed by atoms with E-state index in [0.29, 0.717) is 27.2 Å². The van der Waals surface area contributed by atoms with Gasteiger partial charge in [0.2, 0.25) is 0 Å². The second-order valence-electron chi connectivity index (χ2n) is 6.31. The van der Waals surface area contributed by atoms with Crippen LogP contribution in [0.5, 0.6) is 0 Å². The van der Waals surface area contributed by atoms with Gasteiger partial charge in [0, 0.05) is 23.8 Å². The molecule has 0 spiro atoms. The number of alkyl halides is 3. The molecule has 144 valence electrons. The van der Waals surface area contributed by atoms with E-state index in [1.165, 1.54) is 23.5 Å². The molecular formula is C19H14F3N3O2S. The van der Waals surface area contributed by atoms with Gasteiger partial charge in [0.25, 0.3) is 5.56 Å². The van der Waals surface area contributed by atoms with Crippen molar-refractivity contribution in [3.63, 3.8) is 0 Å². The minimum atomic E-state index is -4.43. The maximum absolute atomic E-state index is 12.8. The first-order valence-electron chi connectivity index (χ1n) is 8.27. The van der Waals surface area contributed by atoms with E-state index in [-0.39, 0.29) is 11.4 Å². The van der Waals surface area contributed by atoms with E-state index in [4.69, 9.17) is 4.74 Å². The Labute approximate surface area is 160 Å². The smallest absolute Gasteiger partial charge is 0.380 e. The van der Waals surface area contributed by atoms with Gasteiger partial charge < -0.3 is 9.72 Å². The Morgan fingerprint density at radius 1 is 1.18 bits per heavy atom. The molecule has 0 radical (unpaired) electrons. The molecule has 3 heterocycles. The highest BCUT2D eigenvalue weighted by atomic mass is 32.1. The predicted octanol–water partition coefficient (Wildman–Crippen LogP) is 4.67. The van der Waals surface area contributed by atoms with Gasteiger partial charge in [-0.1, -0.05) is 12.1 Å². The third-order valence-corrected chi connectivity index (χ3v) is 5.37.